The van der Waals surface area contributed by atoms with Gasteiger partial charge in [0.05, 0.1) is 19.6 Å². The van der Waals surface area contributed by atoms with E-state index >= 15 is 0 Å². The van der Waals surface area contributed by atoms with Crippen LogP contribution in [-0.2, 0) is 11.2 Å². The SMILES string of the molecule is COc1c(CC(=O)NCC#N)cc(Cl)c2ccccc12. The van der Waals surface area contributed by atoms with E-state index in [1.165, 1.54) is 0 Å². The molecule has 1 amide bonds. The smallest absolute Gasteiger partial charge is 0.225 e. The Morgan fingerprint density at radius 1 is 1.40 bits per heavy atom. The molecule has 1 N–H and O–H groups in total. The van der Waals surface area contributed by atoms with Gasteiger partial charge in [0.1, 0.15) is 12.3 Å². The minimum absolute atomic E-state index is 0.0114. The van der Waals surface area contributed by atoms with Gasteiger partial charge in [-0.25, -0.2) is 0 Å². The second-order valence-electron chi connectivity index (χ2n) is 4.21. The molecule has 0 saturated heterocycles. The highest BCUT2D eigenvalue weighted by molar-refractivity contribution is 6.36. The first-order chi connectivity index (χ1) is 9.67. The van der Waals surface area contributed by atoms with Crippen molar-refractivity contribution in [2.75, 3.05) is 13.7 Å². The zero-order chi connectivity index (χ0) is 14.5. The number of benzene rings is 2. The average molecular weight is 289 g/mol. The van der Waals surface area contributed by atoms with Crippen molar-refractivity contribution < 1.29 is 9.53 Å². The van der Waals surface area contributed by atoms with Gasteiger partial charge in [-0.2, -0.15) is 5.26 Å². The highest BCUT2D eigenvalue weighted by atomic mass is 35.5. The number of fused-ring (bicyclic) bond motifs is 1. The van der Waals surface area contributed by atoms with E-state index in [0.717, 1.165) is 10.8 Å². The van der Waals surface area contributed by atoms with Gasteiger partial charge >= 0.3 is 0 Å². The lowest BCUT2D eigenvalue weighted by Gasteiger charge is -2.13. The van der Waals surface area contributed by atoms with Crippen LogP contribution in [0, 0.1) is 11.3 Å². The number of carbonyl (C=O) groups is 1. The highest BCUT2D eigenvalue weighted by Gasteiger charge is 2.14. The summed E-state index contributed by atoms with van der Waals surface area (Å²) in [5.41, 5.74) is 0.701. The van der Waals surface area contributed by atoms with Crippen LogP contribution in [0.2, 0.25) is 5.02 Å². The van der Waals surface area contributed by atoms with Crippen LogP contribution in [0.4, 0.5) is 0 Å². The standard InChI is InChI=1S/C15H13ClN2O2/c1-20-15-10(9-14(19)18-7-6-17)8-13(16)11-4-2-3-5-12(11)15/h2-5,8H,7,9H2,1H3,(H,18,19). The van der Waals surface area contributed by atoms with Gasteiger partial charge in [0, 0.05) is 21.4 Å². The van der Waals surface area contributed by atoms with Crippen molar-refractivity contribution in [2.24, 2.45) is 0 Å². The molecule has 0 radical (unpaired) electrons. The zero-order valence-electron chi connectivity index (χ0n) is 10.9. The fraction of sp³-hybridized carbons (Fsp3) is 0.200. The molecule has 0 atom stereocenters. The maximum atomic E-state index is 11.7. The second kappa shape index (κ2) is 6.27. The highest BCUT2D eigenvalue weighted by Crippen LogP contribution is 2.35. The van der Waals surface area contributed by atoms with Gasteiger partial charge in [0.15, 0.2) is 0 Å². The first kappa shape index (κ1) is 14.2. The van der Waals surface area contributed by atoms with Crippen LogP contribution in [0.25, 0.3) is 10.8 Å². The van der Waals surface area contributed by atoms with Crippen LogP contribution in [0.5, 0.6) is 5.75 Å². The summed E-state index contributed by atoms with van der Waals surface area (Å²) < 4.78 is 5.42. The number of methoxy groups -OCH3 is 1. The minimum atomic E-state index is -0.240. The molecular formula is C15H13ClN2O2. The Balaban J connectivity index is 2.43. The zero-order valence-corrected chi connectivity index (χ0v) is 11.7. The van der Waals surface area contributed by atoms with E-state index in [0.29, 0.717) is 16.3 Å². The van der Waals surface area contributed by atoms with Crippen molar-refractivity contribution in [1.29, 1.82) is 5.26 Å². The van der Waals surface area contributed by atoms with Crippen molar-refractivity contribution in [3.63, 3.8) is 0 Å². The van der Waals surface area contributed by atoms with Crippen molar-refractivity contribution >= 4 is 28.3 Å². The van der Waals surface area contributed by atoms with Gasteiger partial charge in [0.25, 0.3) is 0 Å². The molecule has 0 aromatic heterocycles. The number of nitriles is 1. The quantitative estimate of drug-likeness (QED) is 0.880. The Hall–Kier alpha value is -2.25. The molecule has 0 bridgehead atoms. The molecule has 4 nitrogen and oxygen atoms in total. The molecule has 0 saturated carbocycles. The van der Waals surface area contributed by atoms with Crippen molar-refractivity contribution in [2.45, 2.75) is 6.42 Å². The average Bonchev–Trinajstić information content (AvgIpc) is 2.45. The van der Waals surface area contributed by atoms with Gasteiger partial charge < -0.3 is 10.1 Å². The summed E-state index contributed by atoms with van der Waals surface area (Å²) in [6.07, 6.45) is 0.120. The summed E-state index contributed by atoms with van der Waals surface area (Å²) in [5, 5.41) is 13.3. The molecule has 0 heterocycles. The van der Waals surface area contributed by atoms with E-state index in [1.54, 1.807) is 13.2 Å². The molecule has 5 heteroatoms. The van der Waals surface area contributed by atoms with E-state index in [1.807, 2.05) is 30.3 Å². The number of ether oxygens (including phenoxy) is 1. The second-order valence-corrected chi connectivity index (χ2v) is 4.62. The van der Waals surface area contributed by atoms with Crippen LogP contribution in [0.1, 0.15) is 5.56 Å². The molecule has 102 valence electrons. The van der Waals surface area contributed by atoms with Crippen LogP contribution < -0.4 is 10.1 Å². The predicted molar refractivity (Wildman–Crippen MR) is 77.8 cm³/mol. The van der Waals surface area contributed by atoms with Crippen molar-refractivity contribution in [1.82, 2.24) is 5.32 Å². The maximum Gasteiger partial charge on any atom is 0.225 e. The fourth-order valence-electron chi connectivity index (χ4n) is 2.10. The van der Waals surface area contributed by atoms with E-state index in [-0.39, 0.29) is 18.9 Å². The molecule has 0 aliphatic carbocycles. The summed E-state index contributed by atoms with van der Waals surface area (Å²) in [5.74, 6) is 0.397. The summed E-state index contributed by atoms with van der Waals surface area (Å²) in [6, 6.07) is 11.2. The predicted octanol–water partition coefficient (Wildman–Crippen LogP) is 2.68. The lowest BCUT2D eigenvalue weighted by molar-refractivity contribution is -0.120. The molecule has 0 fully saturated rings. The number of nitrogens with zero attached hydrogens (tertiary/aromatic N) is 1. The van der Waals surface area contributed by atoms with Gasteiger partial charge in [-0.05, 0) is 6.07 Å². The molecule has 0 spiro atoms. The number of rotatable bonds is 4. The van der Waals surface area contributed by atoms with E-state index in [2.05, 4.69) is 5.32 Å². The summed E-state index contributed by atoms with van der Waals surface area (Å²) in [7, 11) is 1.56. The van der Waals surface area contributed by atoms with Crippen molar-refractivity contribution in [3.8, 4) is 11.8 Å². The number of hydrogen-bond acceptors (Lipinski definition) is 3. The number of amides is 1. The molecule has 2 aromatic rings. The van der Waals surface area contributed by atoms with Gasteiger partial charge in [-0.1, -0.05) is 35.9 Å². The van der Waals surface area contributed by atoms with Crippen LogP contribution in [-0.4, -0.2) is 19.6 Å². The van der Waals surface area contributed by atoms with Crippen LogP contribution in [0.15, 0.2) is 30.3 Å². The molecule has 20 heavy (non-hydrogen) atoms. The number of nitrogens with one attached hydrogen (secondary N) is 1. The topological polar surface area (TPSA) is 62.1 Å². The van der Waals surface area contributed by atoms with Gasteiger partial charge in [0.2, 0.25) is 5.91 Å². The molecular weight excluding hydrogens is 276 g/mol. The summed E-state index contributed by atoms with van der Waals surface area (Å²) >= 11 is 6.24. The monoisotopic (exact) mass is 288 g/mol. The third-order valence-corrected chi connectivity index (χ3v) is 3.25. The lowest BCUT2D eigenvalue weighted by atomic mass is 10.0. The number of carbonyl (C=O) groups excluding carboxylic acids is 1. The van der Waals surface area contributed by atoms with E-state index in [9.17, 15) is 4.79 Å². The van der Waals surface area contributed by atoms with E-state index < -0.39 is 0 Å². The summed E-state index contributed by atoms with van der Waals surface area (Å²) in [6.45, 7) is -0.0114. The van der Waals surface area contributed by atoms with E-state index in [4.69, 9.17) is 21.6 Å². The van der Waals surface area contributed by atoms with Crippen LogP contribution >= 0.6 is 11.6 Å². The third-order valence-electron chi connectivity index (χ3n) is 2.94. The minimum Gasteiger partial charge on any atom is -0.496 e. The fourth-order valence-corrected chi connectivity index (χ4v) is 2.40. The molecule has 0 aliphatic rings. The van der Waals surface area contributed by atoms with Gasteiger partial charge in [-0.15, -0.1) is 0 Å². The normalized spacial score (nSPS) is 10.1. The largest absolute Gasteiger partial charge is 0.496 e. The Bertz CT molecular complexity index is 692. The maximum absolute atomic E-state index is 11.7. The lowest BCUT2D eigenvalue weighted by Crippen LogP contribution is -2.25. The number of halogens is 1. The Morgan fingerprint density at radius 2 is 2.10 bits per heavy atom. The van der Waals surface area contributed by atoms with Crippen LogP contribution in [0.3, 0.4) is 0 Å². The Morgan fingerprint density at radius 3 is 2.75 bits per heavy atom. The summed E-state index contributed by atoms with van der Waals surface area (Å²) in [4.78, 5) is 11.7. The Kier molecular flexibility index (Phi) is 4.44. The Labute approximate surface area is 121 Å². The first-order valence-corrected chi connectivity index (χ1v) is 6.43. The van der Waals surface area contributed by atoms with Gasteiger partial charge in [-0.3, -0.25) is 4.79 Å². The molecule has 2 rings (SSSR count). The number of hydrogen-bond donors (Lipinski definition) is 1. The third kappa shape index (κ3) is 2.84. The molecule has 2 aromatic carbocycles. The molecule has 0 unspecified atom stereocenters. The first-order valence-electron chi connectivity index (χ1n) is 6.05. The van der Waals surface area contributed by atoms with Crippen molar-refractivity contribution in [3.05, 3.63) is 40.9 Å². The molecule has 0 aliphatic heterocycles.